The summed E-state index contributed by atoms with van der Waals surface area (Å²) in [5, 5.41) is 6.10. The lowest BCUT2D eigenvalue weighted by Crippen LogP contribution is -2.56. The van der Waals surface area contributed by atoms with Crippen LogP contribution in [0.2, 0.25) is 0 Å². The topological polar surface area (TPSA) is 150 Å². The van der Waals surface area contributed by atoms with Crippen LogP contribution in [0.15, 0.2) is 73.3 Å². The van der Waals surface area contributed by atoms with Crippen LogP contribution in [0.25, 0.3) is 44.6 Å². The molecular formula is C57H70F4N16. The number of benzene rings is 2. The number of anilines is 4. The number of fused-ring (bicyclic) bond motifs is 2. The van der Waals surface area contributed by atoms with Gasteiger partial charge in [0.2, 0.25) is 11.9 Å². The van der Waals surface area contributed by atoms with Crippen molar-refractivity contribution in [2.24, 2.45) is 0 Å². The molecule has 2 unspecified atom stereocenters. The summed E-state index contributed by atoms with van der Waals surface area (Å²) in [7, 11) is 0. The fourth-order valence-electron chi connectivity index (χ4n) is 11.2. The summed E-state index contributed by atoms with van der Waals surface area (Å²) in [6.07, 6.45) is 5.85. The molecule has 0 bridgehead atoms. The van der Waals surface area contributed by atoms with E-state index in [9.17, 15) is 17.6 Å². The fourth-order valence-corrected chi connectivity index (χ4v) is 11.2. The highest BCUT2D eigenvalue weighted by Crippen LogP contribution is 2.33. The van der Waals surface area contributed by atoms with Crippen LogP contribution in [-0.2, 0) is 13.1 Å². The highest BCUT2D eigenvalue weighted by molar-refractivity contribution is 5.84. The minimum Gasteiger partial charge on any atom is -0.326 e. The lowest BCUT2D eigenvalue weighted by molar-refractivity contribution is 0.0391. The molecule has 77 heavy (non-hydrogen) atoms. The molecule has 16 nitrogen and oxygen atoms in total. The first-order valence-corrected chi connectivity index (χ1v) is 26.7. The Morgan fingerprint density at radius 1 is 0.532 bits per heavy atom. The maximum Gasteiger partial charge on any atom is 0.229 e. The molecule has 10 rings (SSSR count). The average molecular weight is 1060 g/mol. The Bertz CT molecular complexity index is 3330. The number of aryl methyl sites for hydroxylation is 2. The van der Waals surface area contributed by atoms with Crippen LogP contribution in [-0.4, -0.2) is 133 Å². The molecule has 406 valence electrons. The van der Waals surface area contributed by atoms with Gasteiger partial charge in [0.1, 0.15) is 45.7 Å². The quantitative estimate of drug-likeness (QED) is 0.0995. The molecule has 0 radical (unpaired) electrons. The zero-order valence-corrected chi connectivity index (χ0v) is 46.0. The molecule has 6 aromatic heterocycles. The molecule has 0 spiro atoms. The number of nitrogens with zero attached hydrogens (tertiary/aromatic N) is 14. The molecule has 2 N–H and O–H groups in total. The molecule has 3 atom stereocenters. The maximum atomic E-state index is 15.0. The first-order chi connectivity index (χ1) is 36.9. The van der Waals surface area contributed by atoms with Gasteiger partial charge < -0.3 is 19.8 Å². The van der Waals surface area contributed by atoms with Gasteiger partial charge in [0, 0.05) is 99.5 Å². The van der Waals surface area contributed by atoms with E-state index in [0.717, 1.165) is 82.4 Å². The number of pyridine rings is 2. The summed E-state index contributed by atoms with van der Waals surface area (Å²) in [5.74, 6) is 0.537. The zero-order chi connectivity index (χ0) is 54.8. The number of halogens is 4. The Hall–Kier alpha value is -7.00. The summed E-state index contributed by atoms with van der Waals surface area (Å²) in [4.78, 5) is 44.6. The molecule has 8 aromatic rings. The van der Waals surface area contributed by atoms with Crippen LogP contribution in [0, 0.1) is 37.1 Å². The number of hydrogen-bond donors (Lipinski definition) is 2. The third kappa shape index (κ3) is 12.1. The third-order valence-electron chi connectivity index (χ3n) is 14.7. The normalized spacial score (nSPS) is 17.9. The van der Waals surface area contributed by atoms with Gasteiger partial charge in [-0.15, -0.1) is 0 Å². The lowest BCUT2D eigenvalue weighted by atomic mass is 10.1. The molecule has 20 heteroatoms. The summed E-state index contributed by atoms with van der Waals surface area (Å²) < 4.78 is 63.5. The van der Waals surface area contributed by atoms with Crippen LogP contribution in [0.3, 0.4) is 0 Å². The molecule has 2 aliphatic rings. The van der Waals surface area contributed by atoms with E-state index in [2.05, 4.69) is 105 Å². The van der Waals surface area contributed by atoms with E-state index in [1.807, 2.05) is 87.3 Å². The summed E-state index contributed by atoms with van der Waals surface area (Å²) >= 11 is 0. The van der Waals surface area contributed by atoms with Gasteiger partial charge in [-0.05, 0) is 123 Å². The molecule has 2 fully saturated rings. The number of nitrogens with one attached hydrogen (secondary N) is 2. The van der Waals surface area contributed by atoms with Crippen molar-refractivity contribution in [1.82, 2.24) is 68.6 Å². The molecule has 0 aliphatic carbocycles. The third-order valence-corrected chi connectivity index (χ3v) is 14.7. The highest BCUT2D eigenvalue weighted by Gasteiger charge is 2.29. The van der Waals surface area contributed by atoms with Crippen molar-refractivity contribution in [3.8, 4) is 22.5 Å². The number of imidazole rings is 2. The van der Waals surface area contributed by atoms with E-state index >= 15 is 0 Å². The van der Waals surface area contributed by atoms with Crippen molar-refractivity contribution in [3.63, 3.8) is 0 Å². The fraction of sp³-hybridized carbons (Fsp3) is 0.439. The molecule has 0 amide bonds. The van der Waals surface area contributed by atoms with E-state index in [-0.39, 0.29) is 46.4 Å². The van der Waals surface area contributed by atoms with Crippen LogP contribution in [0.1, 0.15) is 97.2 Å². The predicted molar refractivity (Wildman–Crippen MR) is 295 cm³/mol. The van der Waals surface area contributed by atoms with Crippen molar-refractivity contribution in [2.75, 3.05) is 56.4 Å². The van der Waals surface area contributed by atoms with Gasteiger partial charge in [-0.1, -0.05) is 26.0 Å². The van der Waals surface area contributed by atoms with E-state index in [1.54, 1.807) is 12.1 Å². The van der Waals surface area contributed by atoms with Crippen LogP contribution in [0.5, 0.6) is 0 Å². The molecular weight excluding hydrogens is 985 g/mol. The number of likely N-dealkylation sites (N-methyl/N-ethyl adjacent to an activating group) is 2. The second-order valence-electron chi connectivity index (χ2n) is 21.0. The van der Waals surface area contributed by atoms with Crippen molar-refractivity contribution < 1.29 is 17.6 Å². The standard InChI is InChI=1S/C29H36F2N8.C28H34F2N8/c1-7-38-18(4)14-37(15-19(38)5)16-21-8-9-26(32-12-21)35-29-33-13-24(31)27(36-29)22-10-23(30)28-25(11-22)39(17(2)3)20(6)34-28;1-6-37-10-9-36(15-18(37)4)16-20-7-8-25(31-13-20)34-28-32-14-23(30)26(35-28)21-11-22(29)27-24(12-21)38(17(2)3)19(5)33-27/h8-13,17-19H,7,14-16H2,1-6H3,(H,32,33,35,36);7-8,11-14,17-18H,6,9-10,15-16H2,1-5H3,(H,31,32,34,35)/t;18-/m.1/s1. The number of rotatable bonds is 14. The predicted octanol–water partition coefficient (Wildman–Crippen LogP) is 11.0. The first kappa shape index (κ1) is 54.8. The van der Waals surface area contributed by atoms with Crippen molar-refractivity contribution in [2.45, 2.75) is 119 Å². The summed E-state index contributed by atoms with van der Waals surface area (Å²) in [6.45, 7) is 31.9. The Labute approximate surface area is 448 Å². The lowest BCUT2D eigenvalue weighted by Gasteiger charge is -2.44. The zero-order valence-electron chi connectivity index (χ0n) is 46.0. The number of aromatic nitrogens is 10. The second-order valence-corrected chi connectivity index (χ2v) is 21.0. The minimum atomic E-state index is -0.637. The van der Waals surface area contributed by atoms with Gasteiger partial charge in [-0.2, -0.15) is 0 Å². The van der Waals surface area contributed by atoms with Gasteiger partial charge in [0.25, 0.3) is 0 Å². The molecule has 0 saturated carbocycles. The van der Waals surface area contributed by atoms with Crippen molar-refractivity contribution in [3.05, 3.63) is 119 Å². The molecule has 2 aromatic carbocycles. The van der Waals surface area contributed by atoms with Crippen LogP contribution < -0.4 is 10.6 Å². The second kappa shape index (κ2) is 23.3. The molecule has 2 saturated heterocycles. The molecule has 8 heterocycles. The van der Waals surface area contributed by atoms with E-state index in [4.69, 9.17) is 0 Å². The van der Waals surface area contributed by atoms with Crippen molar-refractivity contribution in [1.29, 1.82) is 0 Å². The van der Waals surface area contributed by atoms with E-state index in [0.29, 0.717) is 63.6 Å². The first-order valence-electron chi connectivity index (χ1n) is 26.7. The Morgan fingerprint density at radius 2 is 0.987 bits per heavy atom. The van der Waals surface area contributed by atoms with E-state index < -0.39 is 23.3 Å². The maximum absolute atomic E-state index is 15.0. The van der Waals surface area contributed by atoms with Gasteiger partial charge in [-0.3, -0.25) is 19.6 Å². The summed E-state index contributed by atoms with van der Waals surface area (Å²) in [6, 6.07) is 15.5. The minimum absolute atomic E-state index is 0.00791. The number of hydrogen-bond acceptors (Lipinski definition) is 14. The van der Waals surface area contributed by atoms with Gasteiger partial charge in [-0.25, -0.2) is 57.4 Å². The smallest absolute Gasteiger partial charge is 0.229 e. The Morgan fingerprint density at radius 3 is 1.39 bits per heavy atom. The monoisotopic (exact) mass is 1050 g/mol. The van der Waals surface area contributed by atoms with Crippen LogP contribution in [0.4, 0.5) is 41.1 Å². The highest BCUT2D eigenvalue weighted by atomic mass is 19.1. The van der Waals surface area contributed by atoms with Gasteiger partial charge >= 0.3 is 0 Å². The number of piperazine rings is 2. The van der Waals surface area contributed by atoms with Crippen molar-refractivity contribution >= 4 is 45.6 Å². The SMILES string of the molecule is CCN1C(C)CN(Cc2ccc(Nc3ncc(F)c(-c4cc(F)c5nc(C)n(C(C)C)c5c4)n3)nc2)CC1C.CCN1CCN(Cc2ccc(Nc3ncc(F)c(-c4cc(F)c5nc(C)n(C(C)C)c5c4)n3)nc2)C[C@H]1C. The average Bonchev–Trinajstić information content (AvgIpc) is 3.95. The van der Waals surface area contributed by atoms with Gasteiger partial charge in [0.15, 0.2) is 23.3 Å². The Balaban J connectivity index is 0.000000188. The van der Waals surface area contributed by atoms with Gasteiger partial charge in [0.05, 0.1) is 23.4 Å². The summed E-state index contributed by atoms with van der Waals surface area (Å²) in [5.41, 5.74) is 4.62. The largest absolute Gasteiger partial charge is 0.326 e. The molecule has 2 aliphatic heterocycles. The Kier molecular flexibility index (Phi) is 16.6. The van der Waals surface area contributed by atoms with Crippen LogP contribution >= 0.6 is 0 Å². The van der Waals surface area contributed by atoms with E-state index in [1.165, 1.54) is 12.1 Å².